The van der Waals surface area contributed by atoms with Gasteiger partial charge in [0.2, 0.25) is 0 Å². The average molecular weight is 246 g/mol. The highest BCUT2D eigenvalue weighted by molar-refractivity contribution is 5.75. The summed E-state index contributed by atoms with van der Waals surface area (Å²) in [5, 5.41) is 0. The van der Waals surface area contributed by atoms with Crippen molar-refractivity contribution in [1.82, 2.24) is 0 Å². The Kier molecular flexibility index (Phi) is 21.4. The highest BCUT2D eigenvalue weighted by Gasteiger charge is 1.85. The summed E-state index contributed by atoms with van der Waals surface area (Å²) in [5.41, 5.74) is 0. The molecule has 0 saturated carbocycles. The second-order valence-electron chi connectivity index (χ2n) is 3.70. The number of carbonyl (C=O) groups is 3. The Morgan fingerprint density at radius 3 is 1.35 bits per heavy atom. The Morgan fingerprint density at radius 1 is 0.882 bits per heavy atom. The van der Waals surface area contributed by atoms with Crippen molar-refractivity contribution in [3.05, 3.63) is 0 Å². The fourth-order valence-corrected chi connectivity index (χ4v) is 0.598. The van der Waals surface area contributed by atoms with Gasteiger partial charge in [-0.1, -0.05) is 13.8 Å². The van der Waals surface area contributed by atoms with Gasteiger partial charge in [-0.15, -0.1) is 0 Å². The lowest BCUT2D eigenvalue weighted by molar-refractivity contribution is -0.141. The second-order valence-corrected chi connectivity index (χ2v) is 3.70. The smallest absolute Gasteiger partial charge is 0.302 e. The third-order valence-electron chi connectivity index (χ3n) is 1.11. The Hall–Kier alpha value is -1.19. The minimum atomic E-state index is -0.193. The van der Waals surface area contributed by atoms with Crippen molar-refractivity contribution in [1.29, 1.82) is 0 Å². The van der Waals surface area contributed by atoms with Crippen molar-refractivity contribution in [3.8, 4) is 0 Å². The number of hydrogen-bond acceptors (Lipinski definition) is 4. The molecule has 102 valence electrons. The van der Waals surface area contributed by atoms with Crippen LogP contribution in [0.2, 0.25) is 0 Å². The van der Waals surface area contributed by atoms with Crippen LogP contribution in [0.25, 0.3) is 0 Å². The van der Waals surface area contributed by atoms with E-state index in [1.54, 1.807) is 6.92 Å². The van der Waals surface area contributed by atoms with Gasteiger partial charge in [0.1, 0.15) is 11.6 Å². The molecule has 0 amide bonds. The highest BCUT2D eigenvalue weighted by Crippen LogP contribution is 1.84. The molecule has 0 atom stereocenters. The minimum Gasteiger partial charge on any atom is -0.466 e. The zero-order valence-corrected chi connectivity index (χ0v) is 12.0. The fraction of sp³-hybridized carbons (Fsp3) is 0.769. The molecule has 0 aromatic rings. The molecular weight excluding hydrogens is 220 g/mol. The molecule has 0 rings (SSSR count). The summed E-state index contributed by atoms with van der Waals surface area (Å²) in [6, 6.07) is 0. The monoisotopic (exact) mass is 246 g/mol. The number of ether oxygens (including phenoxy) is 1. The Morgan fingerprint density at radius 2 is 1.29 bits per heavy atom. The maximum absolute atomic E-state index is 10.0. The first-order valence-electron chi connectivity index (χ1n) is 5.87. The Labute approximate surface area is 105 Å². The van der Waals surface area contributed by atoms with Crippen LogP contribution in [0.1, 0.15) is 60.8 Å². The van der Waals surface area contributed by atoms with Crippen molar-refractivity contribution in [3.63, 3.8) is 0 Å². The summed E-state index contributed by atoms with van der Waals surface area (Å²) in [6.07, 6.45) is 2.62. The van der Waals surface area contributed by atoms with E-state index in [2.05, 4.69) is 4.74 Å². The van der Waals surface area contributed by atoms with Crippen LogP contribution < -0.4 is 0 Å². The molecule has 0 aliphatic rings. The van der Waals surface area contributed by atoms with Crippen molar-refractivity contribution in [2.75, 3.05) is 6.61 Å². The molecule has 0 bridgehead atoms. The third-order valence-corrected chi connectivity index (χ3v) is 1.11. The zero-order chi connectivity index (χ0) is 14.3. The minimum absolute atomic E-state index is 0.167. The van der Waals surface area contributed by atoms with E-state index in [1.165, 1.54) is 20.8 Å². The van der Waals surface area contributed by atoms with Crippen molar-refractivity contribution in [2.45, 2.75) is 60.8 Å². The maximum Gasteiger partial charge on any atom is 0.302 e. The van der Waals surface area contributed by atoms with Crippen LogP contribution in [0, 0.1) is 0 Å². The van der Waals surface area contributed by atoms with Gasteiger partial charge in [-0.2, -0.15) is 0 Å². The van der Waals surface area contributed by atoms with E-state index in [0.29, 0.717) is 6.61 Å². The Balaban J connectivity index is -0.000000180. The molecule has 0 radical (unpaired) electrons. The summed E-state index contributed by atoms with van der Waals surface area (Å²) in [7, 11) is 0. The molecule has 0 aliphatic heterocycles. The molecular formula is C13H26O4. The van der Waals surface area contributed by atoms with E-state index in [4.69, 9.17) is 0 Å². The average Bonchev–Trinajstić information content (AvgIpc) is 2.14. The van der Waals surface area contributed by atoms with E-state index < -0.39 is 0 Å². The molecule has 0 unspecified atom stereocenters. The topological polar surface area (TPSA) is 60.4 Å². The molecule has 4 heteroatoms. The van der Waals surface area contributed by atoms with Crippen LogP contribution in [-0.2, 0) is 19.1 Å². The lowest BCUT2D eigenvalue weighted by Gasteiger charge is -1.93. The zero-order valence-electron chi connectivity index (χ0n) is 12.0. The van der Waals surface area contributed by atoms with Gasteiger partial charge in [0.05, 0.1) is 6.61 Å². The van der Waals surface area contributed by atoms with Crippen LogP contribution in [-0.4, -0.2) is 24.1 Å². The van der Waals surface area contributed by atoms with Gasteiger partial charge >= 0.3 is 5.97 Å². The SMILES string of the molecule is CC(C)=O.CCCC(C)=O.CCCOC(C)=O. The van der Waals surface area contributed by atoms with Gasteiger partial charge < -0.3 is 14.3 Å². The van der Waals surface area contributed by atoms with E-state index in [9.17, 15) is 14.4 Å². The number of hydrogen-bond donors (Lipinski definition) is 0. The van der Waals surface area contributed by atoms with Crippen molar-refractivity contribution in [2.24, 2.45) is 0 Å². The third kappa shape index (κ3) is 72.0. The molecule has 0 saturated heterocycles. The van der Waals surface area contributed by atoms with E-state index >= 15 is 0 Å². The van der Waals surface area contributed by atoms with Gasteiger partial charge in [0, 0.05) is 13.3 Å². The van der Waals surface area contributed by atoms with Crippen LogP contribution in [0.5, 0.6) is 0 Å². The largest absolute Gasteiger partial charge is 0.466 e. The normalized spacial score (nSPS) is 7.88. The van der Waals surface area contributed by atoms with Gasteiger partial charge in [0.15, 0.2) is 0 Å². The quantitative estimate of drug-likeness (QED) is 0.715. The molecule has 17 heavy (non-hydrogen) atoms. The summed E-state index contributed by atoms with van der Waals surface area (Å²) >= 11 is 0. The molecule has 0 heterocycles. The predicted octanol–water partition coefficient (Wildman–Crippen LogP) is 2.93. The van der Waals surface area contributed by atoms with Crippen LogP contribution >= 0.6 is 0 Å². The summed E-state index contributed by atoms with van der Waals surface area (Å²) in [4.78, 5) is 29.5. The van der Waals surface area contributed by atoms with E-state index in [1.807, 2.05) is 13.8 Å². The molecule has 0 fully saturated rings. The predicted molar refractivity (Wildman–Crippen MR) is 68.9 cm³/mol. The first-order valence-corrected chi connectivity index (χ1v) is 5.87. The summed E-state index contributed by atoms with van der Waals surface area (Å²) < 4.78 is 4.55. The van der Waals surface area contributed by atoms with E-state index in [-0.39, 0.29) is 17.5 Å². The van der Waals surface area contributed by atoms with Crippen molar-refractivity contribution < 1.29 is 19.1 Å². The summed E-state index contributed by atoms with van der Waals surface area (Å²) in [6.45, 7) is 10.6. The number of ketones is 2. The number of Topliss-reactive ketones (excluding diaryl/α,β-unsaturated/α-hetero) is 2. The lowest BCUT2D eigenvalue weighted by Crippen LogP contribution is -1.98. The van der Waals surface area contributed by atoms with Gasteiger partial charge in [-0.05, 0) is 33.6 Å². The molecule has 0 aromatic carbocycles. The van der Waals surface area contributed by atoms with Gasteiger partial charge in [0.25, 0.3) is 0 Å². The van der Waals surface area contributed by atoms with Crippen molar-refractivity contribution >= 4 is 17.5 Å². The number of carbonyl (C=O) groups excluding carboxylic acids is 3. The molecule has 0 N–H and O–H groups in total. The molecule has 4 nitrogen and oxygen atoms in total. The highest BCUT2D eigenvalue weighted by atomic mass is 16.5. The lowest BCUT2D eigenvalue weighted by atomic mass is 10.3. The fourth-order valence-electron chi connectivity index (χ4n) is 0.598. The van der Waals surface area contributed by atoms with Crippen LogP contribution in [0.3, 0.4) is 0 Å². The maximum atomic E-state index is 10.0. The number of esters is 1. The molecule has 0 spiro atoms. The molecule has 0 aliphatic carbocycles. The second kappa shape index (κ2) is 17.2. The standard InChI is InChI=1S/C5H10O2.C5H10O.C3H6O/c1-3-4-7-5(2)6;1-3-4-5(2)6;1-3(2)4/h3-4H2,1-2H3;3-4H2,1-2H3;1-2H3. The first kappa shape index (κ1) is 21.1. The Bertz CT molecular complexity index is 205. The van der Waals surface area contributed by atoms with Crippen LogP contribution in [0.15, 0.2) is 0 Å². The van der Waals surface area contributed by atoms with Gasteiger partial charge in [-0.25, -0.2) is 0 Å². The summed E-state index contributed by atoms with van der Waals surface area (Å²) in [5.74, 6) is 0.263. The van der Waals surface area contributed by atoms with E-state index in [0.717, 1.165) is 19.3 Å². The van der Waals surface area contributed by atoms with Gasteiger partial charge in [-0.3, -0.25) is 4.79 Å². The number of rotatable bonds is 4. The molecule has 0 aromatic heterocycles. The first-order chi connectivity index (χ1) is 7.77. The van der Waals surface area contributed by atoms with Crippen LogP contribution in [0.4, 0.5) is 0 Å².